The highest BCUT2D eigenvalue weighted by Crippen LogP contribution is 2.43. The Morgan fingerprint density at radius 3 is 2.08 bits per heavy atom. The van der Waals surface area contributed by atoms with Gasteiger partial charge in [0.05, 0.1) is 5.92 Å². The molecule has 2 nitrogen and oxygen atoms in total. The smallest absolute Gasteiger partial charge is 0.315 e. The molecule has 2 aromatic carbocycles. The van der Waals surface area contributed by atoms with Gasteiger partial charge in [0, 0.05) is 5.92 Å². The highest BCUT2D eigenvalue weighted by Gasteiger charge is 2.40. The molecule has 0 radical (unpaired) electrons. The van der Waals surface area contributed by atoms with Crippen molar-refractivity contribution in [1.29, 1.82) is 0 Å². The monoisotopic (exact) mass is 380 g/mol. The zero-order valence-corrected chi connectivity index (χ0v) is 14.9. The minimum Gasteiger partial charge on any atom is -0.426 e. The van der Waals surface area contributed by atoms with E-state index in [4.69, 9.17) is 39.5 Å². The van der Waals surface area contributed by atoms with Crippen molar-refractivity contribution in [2.45, 2.75) is 16.1 Å². The second-order valence-corrected chi connectivity index (χ2v) is 7.96. The van der Waals surface area contributed by atoms with Crippen LogP contribution in [0.4, 0.5) is 0 Å². The Morgan fingerprint density at radius 1 is 0.917 bits per heavy atom. The van der Waals surface area contributed by atoms with Crippen LogP contribution in [0, 0.1) is 5.92 Å². The minimum absolute atomic E-state index is 0.0654. The first-order chi connectivity index (χ1) is 11.4. The van der Waals surface area contributed by atoms with E-state index < -0.39 is 3.79 Å². The summed E-state index contributed by atoms with van der Waals surface area (Å²) in [4.78, 5) is 12.6. The molecule has 3 rings (SSSR count). The van der Waals surface area contributed by atoms with Gasteiger partial charge in [-0.15, -0.1) is 0 Å². The first-order valence-electron chi connectivity index (χ1n) is 7.55. The Bertz CT molecular complexity index is 736. The summed E-state index contributed by atoms with van der Waals surface area (Å²) in [5.74, 6) is -0.892. The van der Waals surface area contributed by atoms with Gasteiger partial charge in [0.15, 0.2) is 5.76 Å². The summed E-state index contributed by atoms with van der Waals surface area (Å²) in [6.07, 6.45) is 2.31. The Kier molecular flexibility index (Phi) is 5.19. The normalized spacial score (nSPS) is 21.1. The summed E-state index contributed by atoms with van der Waals surface area (Å²) < 4.78 is 3.55. The van der Waals surface area contributed by atoms with Crippen molar-refractivity contribution in [2.75, 3.05) is 0 Å². The van der Waals surface area contributed by atoms with Gasteiger partial charge in [0.1, 0.15) is 0 Å². The molecule has 0 aromatic heterocycles. The number of rotatable bonds is 3. The second kappa shape index (κ2) is 7.18. The molecule has 2 aromatic rings. The quantitative estimate of drug-likeness (QED) is 0.523. The predicted octanol–water partition coefficient (Wildman–Crippen LogP) is 5.44. The molecule has 0 unspecified atom stereocenters. The topological polar surface area (TPSA) is 26.3 Å². The molecule has 0 spiro atoms. The zero-order chi connectivity index (χ0) is 17.2. The van der Waals surface area contributed by atoms with Crippen LogP contribution in [0.5, 0.6) is 0 Å². The molecule has 124 valence electrons. The SMILES string of the molecule is O=C1OC(C(Cl)(Cl)Cl)=C[C@H](c2ccccc2)[C@@H]1Cc1ccccc1. The number of carbonyl (C=O) groups is 1. The number of hydrogen-bond acceptors (Lipinski definition) is 2. The Hall–Kier alpha value is -1.48. The van der Waals surface area contributed by atoms with Gasteiger partial charge in [0.2, 0.25) is 3.79 Å². The van der Waals surface area contributed by atoms with Crippen molar-refractivity contribution in [1.82, 2.24) is 0 Å². The fourth-order valence-electron chi connectivity index (χ4n) is 2.88. The van der Waals surface area contributed by atoms with Gasteiger partial charge in [-0.05, 0) is 23.6 Å². The number of benzene rings is 2. The fraction of sp³-hybridized carbons (Fsp3) is 0.211. The van der Waals surface area contributed by atoms with E-state index in [2.05, 4.69) is 0 Å². The summed E-state index contributed by atoms with van der Waals surface area (Å²) in [7, 11) is 0. The van der Waals surface area contributed by atoms with Crippen LogP contribution in [0.3, 0.4) is 0 Å². The van der Waals surface area contributed by atoms with E-state index in [0.29, 0.717) is 6.42 Å². The average Bonchev–Trinajstić information content (AvgIpc) is 2.57. The predicted molar refractivity (Wildman–Crippen MR) is 97.3 cm³/mol. The number of cyclic esters (lactones) is 1. The standard InChI is InChI=1S/C19H15Cl3O2/c20-19(21,22)17-12-15(14-9-5-2-6-10-14)16(18(23)24-17)11-13-7-3-1-4-8-13/h1-10,12,15-16H,11H2/t15-,16+/m1/s1. The summed E-state index contributed by atoms with van der Waals surface area (Å²) in [6, 6.07) is 19.5. The maximum Gasteiger partial charge on any atom is 0.315 e. The summed E-state index contributed by atoms with van der Waals surface area (Å²) in [5, 5.41) is 0. The van der Waals surface area contributed by atoms with E-state index in [9.17, 15) is 4.79 Å². The van der Waals surface area contributed by atoms with Crippen molar-refractivity contribution in [3.05, 3.63) is 83.6 Å². The molecule has 0 saturated carbocycles. The van der Waals surface area contributed by atoms with Crippen molar-refractivity contribution < 1.29 is 9.53 Å². The van der Waals surface area contributed by atoms with Gasteiger partial charge in [-0.2, -0.15) is 0 Å². The van der Waals surface area contributed by atoms with Crippen LogP contribution in [0.2, 0.25) is 0 Å². The van der Waals surface area contributed by atoms with E-state index in [1.54, 1.807) is 6.08 Å². The van der Waals surface area contributed by atoms with Gasteiger partial charge in [-0.25, -0.2) is 0 Å². The number of halogens is 3. The molecule has 1 aliphatic rings. The highest BCUT2D eigenvalue weighted by atomic mass is 35.6. The molecule has 1 aliphatic heterocycles. The lowest BCUT2D eigenvalue weighted by atomic mass is 9.80. The van der Waals surface area contributed by atoms with Gasteiger partial charge in [0.25, 0.3) is 0 Å². The Labute approximate surface area is 156 Å². The maximum atomic E-state index is 12.6. The molecule has 0 bridgehead atoms. The van der Waals surface area contributed by atoms with Crippen LogP contribution in [-0.4, -0.2) is 9.76 Å². The van der Waals surface area contributed by atoms with Crippen LogP contribution in [-0.2, 0) is 16.0 Å². The molecule has 0 aliphatic carbocycles. The molecule has 1 heterocycles. The van der Waals surface area contributed by atoms with E-state index in [0.717, 1.165) is 11.1 Å². The first-order valence-corrected chi connectivity index (χ1v) is 8.68. The molecular formula is C19H15Cl3O2. The van der Waals surface area contributed by atoms with Crippen LogP contribution in [0.1, 0.15) is 17.0 Å². The molecule has 2 atom stereocenters. The molecular weight excluding hydrogens is 367 g/mol. The van der Waals surface area contributed by atoms with Crippen LogP contribution in [0.15, 0.2) is 72.5 Å². The average molecular weight is 382 g/mol. The fourth-order valence-corrected chi connectivity index (χ4v) is 3.18. The molecule has 0 fully saturated rings. The Balaban J connectivity index is 1.99. The number of carbonyl (C=O) groups excluding carboxylic acids is 1. The Morgan fingerprint density at radius 2 is 1.50 bits per heavy atom. The van der Waals surface area contributed by atoms with Crippen molar-refractivity contribution in [3.63, 3.8) is 0 Å². The van der Waals surface area contributed by atoms with E-state index in [1.807, 2.05) is 60.7 Å². The molecule has 0 amide bonds. The van der Waals surface area contributed by atoms with Crippen molar-refractivity contribution >= 4 is 40.8 Å². The number of hydrogen-bond donors (Lipinski definition) is 0. The van der Waals surface area contributed by atoms with Crippen LogP contribution >= 0.6 is 34.8 Å². The van der Waals surface area contributed by atoms with Gasteiger partial charge < -0.3 is 4.74 Å². The highest BCUT2D eigenvalue weighted by molar-refractivity contribution is 6.69. The van der Waals surface area contributed by atoms with E-state index in [-0.39, 0.29) is 23.6 Å². The van der Waals surface area contributed by atoms with Crippen LogP contribution in [0.25, 0.3) is 0 Å². The molecule has 5 heteroatoms. The summed E-state index contributed by atoms with van der Waals surface area (Å²) in [6.45, 7) is 0. The molecule has 0 saturated heterocycles. The van der Waals surface area contributed by atoms with Crippen molar-refractivity contribution in [3.8, 4) is 0 Å². The third-order valence-corrected chi connectivity index (χ3v) is 4.60. The largest absolute Gasteiger partial charge is 0.426 e. The van der Waals surface area contributed by atoms with Gasteiger partial charge in [-0.3, -0.25) is 4.79 Å². The van der Waals surface area contributed by atoms with Crippen molar-refractivity contribution in [2.24, 2.45) is 5.92 Å². The van der Waals surface area contributed by atoms with Crippen LogP contribution < -0.4 is 0 Å². The third kappa shape index (κ3) is 3.94. The van der Waals surface area contributed by atoms with E-state index in [1.165, 1.54) is 0 Å². The number of allylic oxidation sites excluding steroid dienone is 2. The number of alkyl halides is 3. The second-order valence-electron chi connectivity index (χ2n) is 5.68. The third-order valence-electron chi connectivity index (χ3n) is 4.04. The lowest BCUT2D eigenvalue weighted by molar-refractivity contribution is -0.146. The molecule has 0 N–H and O–H groups in total. The number of ether oxygens (including phenoxy) is 1. The van der Waals surface area contributed by atoms with Gasteiger partial charge >= 0.3 is 5.97 Å². The van der Waals surface area contributed by atoms with Gasteiger partial charge in [-0.1, -0.05) is 95.5 Å². The lowest BCUT2D eigenvalue weighted by Gasteiger charge is -2.31. The molecule has 24 heavy (non-hydrogen) atoms. The maximum absolute atomic E-state index is 12.6. The minimum atomic E-state index is -1.76. The lowest BCUT2D eigenvalue weighted by Crippen LogP contribution is -2.32. The van der Waals surface area contributed by atoms with E-state index >= 15 is 0 Å². The summed E-state index contributed by atoms with van der Waals surface area (Å²) >= 11 is 17.8. The zero-order valence-electron chi connectivity index (χ0n) is 12.7. The number of esters is 1. The summed E-state index contributed by atoms with van der Waals surface area (Å²) in [5.41, 5.74) is 2.05. The first kappa shape index (κ1) is 17.3.